The lowest BCUT2D eigenvalue weighted by molar-refractivity contribution is 0.590. The van der Waals surface area contributed by atoms with Gasteiger partial charge < -0.3 is 9.80 Å². The largest absolute Gasteiger partial charge is 0.311 e. The van der Waals surface area contributed by atoms with Gasteiger partial charge in [0.05, 0.1) is 11.1 Å². The molecule has 75 heavy (non-hydrogen) atoms. The minimum Gasteiger partial charge on any atom is -0.311 e. The summed E-state index contributed by atoms with van der Waals surface area (Å²) < 4.78 is 2.73. The van der Waals surface area contributed by atoms with E-state index in [2.05, 4.69) is 261 Å². The van der Waals surface area contributed by atoms with Crippen molar-refractivity contribution in [1.82, 2.24) is 0 Å². The quantitative estimate of drug-likeness (QED) is 0.153. The van der Waals surface area contributed by atoms with E-state index in [0.717, 1.165) is 0 Å². The molecule has 14 rings (SSSR count). The second-order valence-corrected chi connectivity index (χ2v) is 24.9. The molecule has 0 bridgehead atoms. The molecule has 2 aliphatic carbocycles. The van der Waals surface area contributed by atoms with E-state index >= 15 is 0 Å². The molecule has 2 aliphatic heterocycles. The maximum atomic E-state index is 2.63. The standard InChI is InChI=1S/C71H63BN2S/c1-41(2)45-27-33-54-55-39-56-65(40-60(55)71(59(54)37-45)57-25-16-14-21-52(57)53-22-15-17-26-58(53)71)75-69-68(56)74(48-19-12-11-13-20-48)64-36-44(7)35-63-67(64)72(69)61-34-28-46(66-50(42(3)4)23-18-24-51(66)43(5)6)38-62(61)73(63)49-31-29-47(30-32-49)70(8,9)10/h11-43H,1-10H3. The van der Waals surface area contributed by atoms with E-state index in [0.29, 0.717) is 17.8 Å². The maximum absolute atomic E-state index is 2.63. The van der Waals surface area contributed by atoms with Crippen molar-refractivity contribution in [2.45, 2.75) is 97.8 Å². The SMILES string of the molecule is Cc1cc2c3c(c1)N(c1ccccc1)c1c(sc4cc5c(cc14)-c1ccc(C(C)C)cc1C51c4ccccc4-c4ccccc41)B3c1ccc(-c3c(C(C)C)cccc3C(C)C)cc1N2c1ccc(C(C)(C)C)cc1. The number of thiophene rings is 1. The highest BCUT2D eigenvalue weighted by Gasteiger charge is 2.53. The Hall–Kier alpha value is -7.40. The molecule has 0 radical (unpaired) electrons. The monoisotopic (exact) mass is 986 g/mol. The van der Waals surface area contributed by atoms with Crippen LogP contribution in [0.3, 0.4) is 0 Å². The number of benzene rings is 9. The molecule has 1 aromatic heterocycles. The molecule has 0 saturated heterocycles. The van der Waals surface area contributed by atoms with Crippen molar-refractivity contribution < 1.29 is 0 Å². The highest BCUT2D eigenvalue weighted by molar-refractivity contribution is 7.33. The van der Waals surface area contributed by atoms with E-state index in [9.17, 15) is 0 Å². The Morgan fingerprint density at radius 3 is 1.73 bits per heavy atom. The van der Waals surface area contributed by atoms with Gasteiger partial charge >= 0.3 is 0 Å². The molecule has 1 spiro atoms. The highest BCUT2D eigenvalue weighted by atomic mass is 32.1. The molecule has 3 heterocycles. The Labute approximate surface area is 448 Å². The Balaban J connectivity index is 1.08. The molecule has 0 N–H and O–H groups in total. The summed E-state index contributed by atoms with van der Waals surface area (Å²) in [7, 11) is 0. The molecule has 4 heteroatoms. The Kier molecular flexibility index (Phi) is 10.2. The van der Waals surface area contributed by atoms with E-state index < -0.39 is 5.41 Å². The Morgan fingerprint density at radius 2 is 1.09 bits per heavy atom. The van der Waals surface area contributed by atoms with E-state index in [1.807, 2.05) is 11.3 Å². The first-order valence-electron chi connectivity index (χ1n) is 27.4. The molecule has 0 fully saturated rings. The fourth-order valence-electron chi connectivity index (χ4n) is 13.9. The van der Waals surface area contributed by atoms with Gasteiger partial charge in [0.15, 0.2) is 0 Å². The molecule has 2 nitrogen and oxygen atoms in total. The van der Waals surface area contributed by atoms with Gasteiger partial charge in [-0.2, -0.15) is 0 Å². The average Bonchev–Trinajstić information content (AvgIpc) is 4.03. The fraction of sp³-hybridized carbons (Fsp3) is 0.211. The zero-order chi connectivity index (χ0) is 51.4. The number of anilines is 6. The van der Waals surface area contributed by atoms with Crippen LogP contribution < -0.4 is 25.5 Å². The van der Waals surface area contributed by atoms with Gasteiger partial charge in [0.2, 0.25) is 0 Å². The molecule has 4 aliphatic rings. The van der Waals surface area contributed by atoms with Gasteiger partial charge in [0.1, 0.15) is 0 Å². The van der Waals surface area contributed by atoms with Crippen LogP contribution in [0.1, 0.15) is 130 Å². The van der Waals surface area contributed by atoms with Gasteiger partial charge in [-0.05, 0) is 179 Å². The van der Waals surface area contributed by atoms with Crippen molar-refractivity contribution in [3.63, 3.8) is 0 Å². The first-order chi connectivity index (χ1) is 36.2. The summed E-state index contributed by atoms with van der Waals surface area (Å²) >= 11 is 2.02. The third-order valence-corrected chi connectivity index (χ3v) is 18.6. The molecule has 0 atom stereocenters. The number of aryl methyl sites for hydroxylation is 1. The predicted molar refractivity (Wildman–Crippen MR) is 323 cm³/mol. The second kappa shape index (κ2) is 16.6. The van der Waals surface area contributed by atoms with Crippen molar-refractivity contribution in [3.8, 4) is 33.4 Å². The molecule has 9 aromatic carbocycles. The Bertz CT molecular complexity index is 3930. The van der Waals surface area contributed by atoms with Crippen LogP contribution in [-0.2, 0) is 10.8 Å². The van der Waals surface area contributed by atoms with Crippen LogP contribution in [0.4, 0.5) is 34.1 Å². The second-order valence-electron chi connectivity index (χ2n) is 23.9. The topological polar surface area (TPSA) is 6.48 Å². The molecule has 0 unspecified atom stereocenters. The lowest BCUT2D eigenvalue weighted by atomic mass is 9.36. The summed E-state index contributed by atoms with van der Waals surface area (Å²) in [6, 6.07) is 71.2. The van der Waals surface area contributed by atoms with Crippen LogP contribution in [0.25, 0.3) is 43.5 Å². The third kappa shape index (κ3) is 6.51. The van der Waals surface area contributed by atoms with Gasteiger partial charge in [-0.15, -0.1) is 11.3 Å². The van der Waals surface area contributed by atoms with Crippen LogP contribution in [0.15, 0.2) is 182 Å². The first-order valence-corrected chi connectivity index (χ1v) is 28.2. The fourth-order valence-corrected chi connectivity index (χ4v) is 15.2. The highest BCUT2D eigenvalue weighted by Crippen LogP contribution is 2.64. The number of para-hydroxylation sites is 1. The van der Waals surface area contributed by atoms with Crippen molar-refractivity contribution in [1.29, 1.82) is 0 Å². The minimum atomic E-state index is -0.439. The van der Waals surface area contributed by atoms with Crippen LogP contribution >= 0.6 is 11.3 Å². The molecule has 0 amide bonds. The summed E-state index contributed by atoms with van der Waals surface area (Å²) in [6.07, 6.45) is 0. The maximum Gasteiger partial charge on any atom is 0.264 e. The first kappa shape index (κ1) is 46.2. The van der Waals surface area contributed by atoms with Crippen LogP contribution in [0, 0.1) is 6.92 Å². The lowest BCUT2D eigenvalue weighted by Gasteiger charge is -2.43. The van der Waals surface area contributed by atoms with Crippen molar-refractivity contribution in [2.24, 2.45) is 0 Å². The number of rotatable bonds is 6. The van der Waals surface area contributed by atoms with Gasteiger partial charge in [-0.1, -0.05) is 190 Å². The number of hydrogen-bond acceptors (Lipinski definition) is 3. The average molecular weight is 987 g/mol. The zero-order valence-electron chi connectivity index (χ0n) is 44.9. The Morgan fingerprint density at radius 1 is 0.493 bits per heavy atom. The summed E-state index contributed by atoms with van der Waals surface area (Å²) in [5, 5.41) is 1.31. The number of nitrogens with zero attached hydrogens (tertiary/aromatic N) is 2. The third-order valence-electron chi connectivity index (χ3n) is 17.4. The van der Waals surface area contributed by atoms with E-state index in [1.54, 1.807) is 0 Å². The van der Waals surface area contributed by atoms with Gasteiger partial charge in [-0.25, -0.2) is 0 Å². The summed E-state index contributed by atoms with van der Waals surface area (Å²) in [5.41, 5.74) is 30.1. The van der Waals surface area contributed by atoms with Crippen LogP contribution in [0.2, 0.25) is 0 Å². The molecular formula is C71H63BN2S. The van der Waals surface area contributed by atoms with Crippen LogP contribution in [0.5, 0.6) is 0 Å². The van der Waals surface area contributed by atoms with E-state index in [1.165, 1.54) is 143 Å². The summed E-state index contributed by atoms with van der Waals surface area (Å²) in [4.78, 5) is 5.24. The summed E-state index contributed by atoms with van der Waals surface area (Å²) in [5.74, 6) is 1.16. The van der Waals surface area contributed by atoms with Crippen molar-refractivity contribution in [3.05, 3.63) is 232 Å². The lowest BCUT2D eigenvalue weighted by Crippen LogP contribution is -2.60. The zero-order valence-corrected chi connectivity index (χ0v) is 45.7. The molecule has 0 saturated carbocycles. The minimum absolute atomic E-state index is 0.000332. The van der Waals surface area contributed by atoms with Gasteiger partial charge in [0.25, 0.3) is 6.71 Å². The van der Waals surface area contributed by atoms with Gasteiger partial charge in [0, 0.05) is 43.3 Å². The number of fused-ring (bicyclic) bond motifs is 16. The smallest absolute Gasteiger partial charge is 0.264 e. The molecule has 10 aromatic rings. The van der Waals surface area contributed by atoms with Crippen molar-refractivity contribution in [2.75, 3.05) is 9.80 Å². The number of hydrogen-bond donors (Lipinski definition) is 0. The van der Waals surface area contributed by atoms with E-state index in [4.69, 9.17) is 0 Å². The predicted octanol–water partition coefficient (Wildman–Crippen LogP) is 18.0. The normalized spacial score (nSPS) is 14.4. The van der Waals surface area contributed by atoms with Crippen molar-refractivity contribution >= 4 is 78.0 Å². The van der Waals surface area contributed by atoms with Gasteiger partial charge in [-0.3, -0.25) is 0 Å². The molecular weight excluding hydrogens is 924 g/mol. The molecule has 366 valence electrons. The van der Waals surface area contributed by atoms with Crippen LogP contribution in [-0.4, -0.2) is 6.71 Å². The van der Waals surface area contributed by atoms with E-state index in [-0.39, 0.29) is 12.1 Å². The summed E-state index contributed by atoms with van der Waals surface area (Å²) in [6.45, 7) is 23.3.